The number of halogens is 6. The molecule has 2 aliphatic carbocycles. The number of benzene rings is 2. The van der Waals surface area contributed by atoms with Gasteiger partial charge in [0.1, 0.15) is 9.40 Å². The molecule has 8 rings (SSSR count). The number of piperazine rings is 2. The molecule has 0 atom stereocenters. The zero-order valence-corrected chi connectivity index (χ0v) is 39.5. The van der Waals surface area contributed by atoms with Gasteiger partial charge in [-0.25, -0.2) is 9.59 Å². The average molecular weight is 1030 g/mol. The lowest BCUT2D eigenvalue weighted by atomic mass is 9.89. The van der Waals surface area contributed by atoms with Crippen LogP contribution in [-0.4, -0.2) is 107 Å². The van der Waals surface area contributed by atoms with Gasteiger partial charge in [-0.1, -0.05) is 38.5 Å². The van der Waals surface area contributed by atoms with E-state index in [4.69, 9.17) is 10.2 Å². The predicted molar refractivity (Wildman–Crippen MR) is 254 cm³/mol. The molecule has 2 saturated heterocycles. The molecule has 16 nitrogen and oxygen atoms in total. The van der Waals surface area contributed by atoms with E-state index >= 15 is 0 Å². The largest absolute Gasteiger partial charge is 0.478 e. The van der Waals surface area contributed by atoms with Crippen molar-refractivity contribution in [3.05, 3.63) is 100 Å². The first kappa shape index (κ1) is 53.6. The maximum atomic E-state index is 13.1. The van der Waals surface area contributed by atoms with E-state index in [1.54, 1.807) is 0 Å². The summed E-state index contributed by atoms with van der Waals surface area (Å²) in [6.07, 6.45) is 4.52. The SMILES string of the molecule is O=C(O)/C=C\C(=O)O.O=c1cc(N2CCN(CC3CCCCC3)CC2)sc2c([N+](=O)[O-])cc(C(F)(F)F)cc12.O=c1cc(N2CCN(CC3CCCCC3)CC2)sc2c([N+](=O)[O-])cc(C(F)(F)F)cc12. The number of carboxylic acids is 2. The summed E-state index contributed by atoms with van der Waals surface area (Å²) in [4.78, 5) is 74.4. The highest BCUT2D eigenvalue weighted by Crippen LogP contribution is 2.41. The minimum atomic E-state index is -4.76. The molecule has 380 valence electrons. The van der Waals surface area contributed by atoms with E-state index in [-0.39, 0.29) is 20.2 Å². The Hall–Kier alpha value is -5.72. The number of rotatable bonds is 10. The topological polar surface area (TPSA) is 208 Å². The molecule has 4 aromatic rings. The fourth-order valence-corrected chi connectivity index (χ4v) is 11.7. The summed E-state index contributed by atoms with van der Waals surface area (Å²) in [6, 6.07) is 5.09. The fraction of sp³-hybridized carbons (Fsp3) is 0.522. The molecule has 70 heavy (non-hydrogen) atoms. The maximum Gasteiger partial charge on any atom is 0.416 e. The molecule has 4 aliphatic rings. The number of carbonyl (C=O) groups is 2. The third-order valence-corrected chi connectivity index (χ3v) is 15.3. The van der Waals surface area contributed by atoms with Gasteiger partial charge >= 0.3 is 24.3 Å². The number of nitrogens with zero attached hydrogens (tertiary/aromatic N) is 6. The van der Waals surface area contributed by atoms with Crippen molar-refractivity contribution in [3.63, 3.8) is 0 Å². The lowest BCUT2D eigenvalue weighted by Gasteiger charge is -2.38. The summed E-state index contributed by atoms with van der Waals surface area (Å²) in [5.41, 5.74) is -4.96. The number of non-ortho nitro benzene ring substituents is 2. The normalized spacial score (nSPS) is 18.0. The van der Waals surface area contributed by atoms with Crippen molar-refractivity contribution in [1.82, 2.24) is 9.80 Å². The predicted octanol–water partition coefficient (Wildman–Crippen LogP) is 9.49. The van der Waals surface area contributed by atoms with Crippen molar-refractivity contribution in [2.75, 3.05) is 75.2 Å². The molecule has 0 spiro atoms. The first-order chi connectivity index (χ1) is 33.1. The quantitative estimate of drug-likeness (QED) is 0.0657. The van der Waals surface area contributed by atoms with Crippen molar-refractivity contribution < 1.29 is 56.0 Å². The second kappa shape index (κ2) is 23.5. The van der Waals surface area contributed by atoms with Gasteiger partial charge in [0, 0.05) is 113 Å². The van der Waals surface area contributed by atoms with Gasteiger partial charge in [-0.3, -0.25) is 39.6 Å². The molecule has 2 aromatic carbocycles. The van der Waals surface area contributed by atoms with E-state index in [2.05, 4.69) is 9.80 Å². The van der Waals surface area contributed by atoms with Crippen LogP contribution in [0.3, 0.4) is 0 Å². The summed E-state index contributed by atoms with van der Waals surface area (Å²) in [5, 5.41) is 39.1. The van der Waals surface area contributed by atoms with Gasteiger partial charge < -0.3 is 20.0 Å². The van der Waals surface area contributed by atoms with Crippen LogP contribution >= 0.6 is 22.7 Å². The molecule has 0 unspecified atom stereocenters. The molecule has 0 bridgehead atoms. The molecule has 2 N–H and O–H groups in total. The third-order valence-electron chi connectivity index (χ3n) is 12.9. The maximum absolute atomic E-state index is 13.1. The zero-order valence-electron chi connectivity index (χ0n) is 37.8. The minimum Gasteiger partial charge on any atom is -0.478 e. The molecule has 0 radical (unpaired) electrons. The van der Waals surface area contributed by atoms with Gasteiger partial charge in [0.05, 0.1) is 31.0 Å². The number of fused-ring (bicyclic) bond motifs is 2. The van der Waals surface area contributed by atoms with Gasteiger partial charge in [-0.15, -0.1) is 22.7 Å². The van der Waals surface area contributed by atoms with Crippen molar-refractivity contribution in [3.8, 4) is 0 Å². The summed E-state index contributed by atoms with van der Waals surface area (Å²) < 4.78 is 78.8. The van der Waals surface area contributed by atoms with Crippen LogP contribution in [0, 0.1) is 32.1 Å². The number of hydrogen-bond acceptors (Lipinski definition) is 14. The van der Waals surface area contributed by atoms with Crippen molar-refractivity contribution in [1.29, 1.82) is 0 Å². The van der Waals surface area contributed by atoms with E-state index in [1.165, 1.54) is 76.3 Å². The van der Waals surface area contributed by atoms with Crippen LogP contribution in [0.1, 0.15) is 75.3 Å². The average Bonchev–Trinajstić information content (AvgIpc) is 3.31. The van der Waals surface area contributed by atoms with Gasteiger partial charge in [-0.2, -0.15) is 26.3 Å². The Labute approximate surface area is 404 Å². The van der Waals surface area contributed by atoms with Crippen LogP contribution in [0.15, 0.2) is 58.1 Å². The monoisotopic (exact) mass is 1030 g/mol. The first-order valence-electron chi connectivity index (χ1n) is 22.8. The van der Waals surface area contributed by atoms with Crippen LogP contribution in [0.25, 0.3) is 20.2 Å². The van der Waals surface area contributed by atoms with E-state index in [9.17, 15) is 65.7 Å². The van der Waals surface area contributed by atoms with E-state index in [0.717, 1.165) is 73.8 Å². The Bertz CT molecular complexity index is 2510. The highest BCUT2D eigenvalue weighted by Gasteiger charge is 2.36. The summed E-state index contributed by atoms with van der Waals surface area (Å²) in [6.45, 7) is 8.24. The number of alkyl halides is 6. The second-order valence-electron chi connectivity index (χ2n) is 17.7. The summed E-state index contributed by atoms with van der Waals surface area (Å²) >= 11 is 2.03. The van der Waals surface area contributed by atoms with Crippen LogP contribution < -0.4 is 20.7 Å². The molecular weight excluding hydrogens is 975 g/mol. The van der Waals surface area contributed by atoms with E-state index < -0.39 is 67.5 Å². The number of anilines is 2. The van der Waals surface area contributed by atoms with Gasteiger partial charge in [0.15, 0.2) is 10.9 Å². The minimum absolute atomic E-state index is 0.00913. The number of nitro benzene ring substituents is 2. The highest BCUT2D eigenvalue weighted by molar-refractivity contribution is 7.23. The van der Waals surface area contributed by atoms with Crippen molar-refractivity contribution in [2.45, 2.75) is 76.6 Å². The van der Waals surface area contributed by atoms with Gasteiger partial charge in [0.2, 0.25) is 0 Å². The Morgan fingerprint density at radius 1 is 0.571 bits per heavy atom. The number of carboxylic acid groups (broad SMARTS) is 2. The van der Waals surface area contributed by atoms with Crippen LogP contribution in [0.5, 0.6) is 0 Å². The second-order valence-corrected chi connectivity index (χ2v) is 19.8. The zero-order chi connectivity index (χ0) is 50.9. The van der Waals surface area contributed by atoms with Crippen LogP contribution in [0.4, 0.5) is 47.7 Å². The summed E-state index contributed by atoms with van der Waals surface area (Å²) in [7, 11) is 0. The van der Waals surface area contributed by atoms with Crippen molar-refractivity contribution >= 4 is 76.2 Å². The number of nitro groups is 2. The molecule has 2 aliphatic heterocycles. The molecular formula is C46H52F6N6O10S2. The number of hydrogen-bond donors (Lipinski definition) is 2. The molecule has 0 amide bonds. The third kappa shape index (κ3) is 14.4. The first-order valence-corrected chi connectivity index (χ1v) is 24.5. The highest BCUT2D eigenvalue weighted by atomic mass is 32.1. The van der Waals surface area contributed by atoms with Crippen LogP contribution in [-0.2, 0) is 21.9 Å². The Morgan fingerprint density at radius 2 is 0.900 bits per heavy atom. The molecule has 4 fully saturated rings. The fourth-order valence-electron chi connectivity index (χ4n) is 9.28. The lowest BCUT2D eigenvalue weighted by Crippen LogP contribution is -2.48. The smallest absolute Gasteiger partial charge is 0.416 e. The lowest BCUT2D eigenvalue weighted by molar-refractivity contribution is -0.383. The van der Waals surface area contributed by atoms with Crippen molar-refractivity contribution in [2.24, 2.45) is 11.8 Å². The standard InChI is InChI=1S/2C21H24F3N3O3S.C4H4O4/c2*22-21(23,24)15-10-16-18(28)12-19(31-20(16)17(11-15)27(29)30)26-8-6-25(7-9-26)13-14-4-2-1-3-5-14;5-3(6)1-2-4(7)8/h2*10-12,14H,1-9,13H2;1-2H,(H,5,6)(H,7,8)/b;;2-1-. The Balaban J connectivity index is 0.000000199. The molecule has 2 aromatic heterocycles. The summed E-state index contributed by atoms with van der Waals surface area (Å²) in [5.74, 6) is -1.04. The molecule has 24 heteroatoms. The number of aliphatic carboxylic acids is 2. The van der Waals surface area contributed by atoms with Gasteiger partial charge in [-0.05, 0) is 49.7 Å². The van der Waals surface area contributed by atoms with Crippen LogP contribution in [0.2, 0.25) is 0 Å². The Kier molecular flexibility index (Phi) is 18.0. The molecule has 4 heterocycles. The van der Waals surface area contributed by atoms with E-state index in [1.807, 2.05) is 9.80 Å². The Morgan fingerprint density at radius 3 is 1.19 bits per heavy atom. The van der Waals surface area contributed by atoms with E-state index in [0.29, 0.717) is 72.6 Å². The van der Waals surface area contributed by atoms with Gasteiger partial charge in [0.25, 0.3) is 11.4 Å². The molecule has 2 saturated carbocycles.